The number of amides is 2. The Kier molecular flexibility index (Phi) is 5.56. The summed E-state index contributed by atoms with van der Waals surface area (Å²) < 4.78 is 0. The molecule has 0 unspecified atom stereocenters. The Labute approximate surface area is 143 Å². The maximum Gasteiger partial charge on any atom is 0.319 e. The first-order chi connectivity index (χ1) is 11.6. The van der Waals surface area contributed by atoms with Crippen molar-refractivity contribution in [3.05, 3.63) is 18.3 Å². The van der Waals surface area contributed by atoms with E-state index in [1.54, 1.807) is 6.20 Å². The molecular weight excluding hydrogens is 304 g/mol. The number of carbonyl (C=O) groups is 1. The fraction of sp³-hybridized carbons (Fsp3) is 0.667. The highest BCUT2D eigenvalue weighted by Crippen LogP contribution is 2.26. The number of aliphatic hydroxyl groups is 1. The summed E-state index contributed by atoms with van der Waals surface area (Å²) in [6, 6.07) is 3.53. The van der Waals surface area contributed by atoms with E-state index in [2.05, 4.69) is 20.5 Å². The number of hydrogen-bond acceptors (Lipinski definition) is 4. The minimum atomic E-state index is -0.758. The van der Waals surface area contributed by atoms with Gasteiger partial charge in [-0.25, -0.2) is 9.78 Å². The maximum atomic E-state index is 12.1. The predicted octanol–water partition coefficient (Wildman–Crippen LogP) is 2.89. The van der Waals surface area contributed by atoms with Gasteiger partial charge in [0.25, 0.3) is 0 Å². The highest BCUT2D eigenvalue weighted by Gasteiger charge is 2.28. The number of urea groups is 1. The number of anilines is 2. The summed E-state index contributed by atoms with van der Waals surface area (Å²) in [6.45, 7) is 2.41. The summed E-state index contributed by atoms with van der Waals surface area (Å²) in [7, 11) is 0. The molecule has 0 radical (unpaired) electrons. The normalized spacial score (nSPS) is 20.5. The van der Waals surface area contributed by atoms with Crippen molar-refractivity contribution >= 4 is 17.5 Å². The number of nitrogens with one attached hydrogen (secondary N) is 2. The number of pyridine rings is 1. The highest BCUT2D eigenvalue weighted by molar-refractivity contribution is 5.89. The Morgan fingerprint density at radius 3 is 2.46 bits per heavy atom. The van der Waals surface area contributed by atoms with Gasteiger partial charge in [-0.15, -0.1) is 0 Å². The molecule has 3 N–H and O–H groups in total. The molecule has 1 saturated carbocycles. The van der Waals surface area contributed by atoms with E-state index >= 15 is 0 Å². The second-order valence-electron chi connectivity index (χ2n) is 7.05. The SMILES string of the molecule is O=C(NCC1(O)CCCCCC1)Nc1ccc(N2CCCC2)nc1. The monoisotopic (exact) mass is 332 g/mol. The van der Waals surface area contributed by atoms with Crippen molar-refractivity contribution in [3.8, 4) is 0 Å². The van der Waals surface area contributed by atoms with Crippen LogP contribution in [-0.2, 0) is 0 Å². The van der Waals surface area contributed by atoms with Crippen LogP contribution in [0.25, 0.3) is 0 Å². The van der Waals surface area contributed by atoms with E-state index < -0.39 is 5.60 Å². The summed E-state index contributed by atoms with van der Waals surface area (Å²) in [5.41, 5.74) is -0.0885. The largest absolute Gasteiger partial charge is 0.388 e. The van der Waals surface area contributed by atoms with E-state index in [9.17, 15) is 9.90 Å². The van der Waals surface area contributed by atoms with Gasteiger partial charge < -0.3 is 20.6 Å². The molecule has 2 heterocycles. The van der Waals surface area contributed by atoms with Crippen molar-refractivity contribution in [1.29, 1.82) is 0 Å². The standard InChI is InChI=1S/C18H28N4O2/c23-17(20-14-18(24)9-3-1-2-4-10-18)21-15-7-8-16(19-13-15)22-11-5-6-12-22/h7-8,13,24H,1-6,9-12,14H2,(H2,20,21,23). The van der Waals surface area contributed by atoms with Crippen molar-refractivity contribution in [2.45, 2.75) is 57.0 Å². The average Bonchev–Trinajstić information content (AvgIpc) is 3.03. The maximum absolute atomic E-state index is 12.1. The third-order valence-electron chi connectivity index (χ3n) is 5.05. The molecule has 3 rings (SSSR count). The van der Waals surface area contributed by atoms with E-state index in [-0.39, 0.29) is 6.03 Å². The van der Waals surface area contributed by atoms with E-state index in [4.69, 9.17) is 0 Å². The van der Waals surface area contributed by atoms with Crippen LogP contribution in [0.5, 0.6) is 0 Å². The number of hydrogen-bond donors (Lipinski definition) is 3. The lowest BCUT2D eigenvalue weighted by atomic mass is 9.95. The van der Waals surface area contributed by atoms with Crippen LogP contribution in [0.2, 0.25) is 0 Å². The van der Waals surface area contributed by atoms with Crippen LogP contribution in [0.1, 0.15) is 51.4 Å². The van der Waals surface area contributed by atoms with Crippen molar-refractivity contribution in [3.63, 3.8) is 0 Å². The molecule has 24 heavy (non-hydrogen) atoms. The number of aromatic nitrogens is 1. The second kappa shape index (κ2) is 7.83. The zero-order valence-corrected chi connectivity index (χ0v) is 14.3. The van der Waals surface area contributed by atoms with Crippen molar-refractivity contribution in [2.24, 2.45) is 0 Å². The fourth-order valence-corrected chi connectivity index (χ4v) is 3.58. The van der Waals surface area contributed by atoms with Crippen LogP contribution >= 0.6 is 0 Å². The van der Waals surface area contributed by atoms with Crippen LogP contribution < -0.4 is 15.5 Å². The molecule has 6 heteroatoms. The molecule has 2 fully saturated rings. The molecule has 1 aromatic heterocycles. The van der Waals surface area contributed by atoms with Crippen LogP contribution in [0.15, 0.2) is 18.3 Å². The molecule has 132 valence electrons. The van der Waals surface area contributed by atoms with Gasteiger partial charge in [-0.3, -0.25) is 0 Å². The van der Waals surface area contributed by atoms with Gasteiger partial charge in [0.2, 0.25) is 0 Å². The number of carbonyl (C=O) groups excluding carboxylic acids is 1. The molecule has 0 bridgehead atoms. The first-order valence-electron chi connectivity index (χ1n) is 9.13. The van der Waals surface area contributed by atoms with Gasteiger partial charge in [0.05, 0.1) is 17.5 Å². The van der Waals surface area contributed by atoms with Gasteiger partial charge in [0.1, 0.15) is 5.82 Å². The third-order valence-corrected chi connectivity index (χ3v) is 5.05. The molecule has 0 aromatic carbocycles. The van der Waals surface area contributed by atoms with E-state index in [1.807, 2.05) is 12.1 Å². The number of nitrogens with zero attached hydrogens (tertiary/aromatic N) is 2. The van der Waals surface area contributed by atoms with Gasteiger partial charge in [0, 0.05) is 19.6 Å². The third kappa shape index (κ3) is 4.60. The molecule has 1 saturated heterocycles. The van der Waals surface area contributed by atoms with Gasteiger partial charge in [-0.2, -0.15) is 0 Å². The van der Waals surface area contributed by atoms with Crippen LogP contribution in [0, 0.1) is 0 Å². The minimum Gasteiger partial charge on any atom is -0.388 e. The lowest BCUT2D eigenvalue weighted by Crippen LogP contribution is -2.44. The van der Waals surface area contributed by atoms with Gasteiger partial charge in [-0.05, 0) is 37.8 Å². The van der Waals surface area contributed by atoms with Gasteiger partial charge in [0.15, 0.2) is 0 Å². The molecule has 1 aliphatic heterocycles. The van der Waals surface area contributed by atoms with Crippen LogP contribution in [0.3, 0.4) is 0 Å². The number of rotatable bonds is 4. The summed E-state index contributed by atoms with van der Waals surface area (Å²) >= 11 is 0. The Balaban J connectivity index is 1.47. The molecule has 2 aliphatic rings. The van der Waals surface area contributed by atoms with Gasteiger partial charge >= 0.3 is 6.03 Å². The lowest BCUT2D eigenvalue weighted by Gasteiger charge is -2.26. The van der Waals surface area contributed by atoms with E-state index in [0.29, 0.717) is 12.2 Å². The Morgan fingerprint density at radius 2 is 1.83 bits per heavy atom. The molecule has 0 atom stereocenters. The fourth-order valence-electron chi connectivity index (χ4n) is 3.58. The minimum absolute atomic E-state index is 0.289. The van der Waals surface area contributed by atoms with Crippen LogP contribution in [-0.4, -0.2) is 41.4 Å². The zero-order valence-electron chi connectivity index (χ0n) is 14.3. The summed E-state index contributed by atoms with van der Waals surface area (Å²) in [6.07, 6.45) is 10.0. The molecule has 6 nitrogen and oxygen atoms in total. The van der Waals surface area contributed by atoms with E-state index in [1.165, 1.54) is 25.7 Å². The topological polar surface area (TPSA) is 77.5 Å². The molecule has 1 aromatic rings. The first kappa shape index (κ1) is 17.0. The average molecular weight is 332 g/mol. The zero-order chi connectivity index (χ0) is 16.8. The molecular formula is C18H28N4O2. The quantitative estimate of drug-likeness (QED) is 0.741. The highest BCUT2D eigenvalue weighted by atomic mass is 16.3. The summed E-state index contributed by atoms with van der Waals surface area (Å²) in [4.78, 5) is 18.7. The molecule has 0 spiro atoms. The van der Waals surface area contributed by atoms with Crippen molar-refractivity contribution < 1.29 is 9.90 Å². The lowest BCUT2D eigenvalue weighted by molar-refractivity contribution is 0.0281. The first-order valence-corrected chi connectivity index (χ1v) is 9.13. The smallest absolute Gasteiger partial charge is 0.319 e. The Hall–Kier alpha value is -1.82. The van der Waals surface area contributed by atoms with E-state index in [0.717, 1.165) is 44.6 Å². The van der Waals surface area contributed by atoms with Crippen molar-refractivity contribution in [2.75, 3.05) is 29.9 Å². The van der Waals surface area contributed by atoms with Crippen molar-refractivity contribution in [1.82, 2.24) is 10.3 Å². The second-order valence-corrected chi connectivity index (χ2v) is 7.05. The predicted molar refractivity (Wildman–Crippen MR) is 95.4 cm³/mol. The van der Waals surface area contributed by atoms with Gasteiger partial charge in [-0.1, -0.05) is 25.7 Å². The summed E-state index contributed by atoms with van der Waals surface area (Å²) in [5, 5.41) is 16.2. The molecule has 1 aliphatic carbocycles. The Morgan fingerprint density at radius 1 is 1.12 bits per heavy atom. The van der Waals surface area contributed by atoms with Crippen LogP contribution in [0.4, 0.5) is 16.3 Å². The molecule has 2 amide bonds. The summed E-state index contributed by atoms with van der Waals surface area (Å²) in [5.74, 6) is 0.964. The Bertz CT molecular complexity index is 532.